The van der Waals surface area contributed by atoms with Crippen LogP contribution in [0, 0.1) is 0 Å². The first-order valence-electron chi connectivity index (χ1n) is 7.36. The summed E-state index contributed by atoms with van der Waals surface area (Å²) in [4.78, 5) is 19.0. The van der Waals surface area contributed by atoms with Crippen molar-refractivity contribution in [2.24, 2.45) is 5.10 Å². The highest BCUT2D eigenvalue weighted by Gasteiger charge is 2.20. The molecule has 8 nitrogen and oxygen atoms in total. The number of aromatic amines is 1. The Balaban J connectivity index is 1.88. The van der Waals surface area contributed by atoms with Gasteiger partial charge in [-0.25, -0.2) is 15.2 Å². The molecule has 0 radical (unpaired) electrons. The molecule has 0 saturated carbocycles. The van der Waals surface area contributed by atoms with Crippen LogP contribution in [-0.4, -0.2) is 41.5 Å². The molecule has 0 spiro atoms. The number of H-pyrrole nitrogens is 1. The second-order valence-corrected chi connectivity index (χ2v) is 5.04. The summed E-state index contributed by atoms with van der Waals surface area (Å²) in [6.07, 6.45) is 1.39. The number of carboxylic acid groups (broad SMARTS) is 1. The molecule has 0 unspecified atom stereocenters. The number of ether oxygens (including phenoxy) is 2. The number of aromatic carboxylic acids is 1. The molecular formula is C17H16N4O4. The molecule has 1 heterocycles. The number of nitrogens with one attached hydrogen (secondary N) is 2. The standard InChI is InChI=1S/C17H16N4O4/c1-24-13-8-7-10(14(16(22)23)15(13)25-2)9-18-21-17-19-11-5-3-4-6-12(11)20-17/h3-9H,1-2H3,(H,22,23)(H2,19,20,21). The van der Waals surface area contributed by atoms with Crippen molar-refractivity contribution in [3.05, 3.63) is 47.5 Å². The van der Waals surface area contributed by atoms with Gasteiger partial charge in [-0.1, -0.05) is 12.1 Å². The van der Waals surface area contributed by atoms with Gasteiger partial charge >= 0.3 is 5.97 Å². The first kappa shape index (κ1) is 16.3. The molecule has 0 atom stereocenters. The lowest BCUT2D eigenvalue weighted by molar-refractivity contribution is 0.0692. The summed E-state index contributed by atoms with van der Waals surface area (Å²) in [6.45, 7) is 0. The van der Waals surface area contributed by atoms with Crippen molar-refractivity contribution in [1.82, 2.24) is 9.97 Å². The molecule has 1 aromatic heterocycles. The van der Waals surface area contributed by atoms with Gasteiger partial charge in [0.1, 0.15) is 5.56 Å². The van der Waals surface area contributed by atoms with Crippen LogP contribution in [-0.2, 0) is 0 Å². The minimum atomic E-state index is -1.14. The molecule has 0 bridgehead atoms. The maximum atomic E-state index is 11.6. The normalized spacial score (nSPS) is 11.0. The minimum absolute atomic E-state index is 0.0305. The smallest absolute Gasteiger partial charge is 0.340 e. The highest BCUT2D eigenvalue weighted by atomic mass is 16.5. The molecule has 0 saturated heterocycles. The average Bonchev–Trinajstić information content (AvgIpc) is 3.03. The van der Waals surface area contributed by atoms with Gasteiger partial charge in [0, 0.05) is 5.56 Å². The van der Waals surface area contributed by atoms with Crippen LogP contribution < -0.4 is 14.9 Å². The van der Waals surface area contributed by atoms with Crippen LogP contribution in [0.4, 0.5) is 5.95 Å². The summed E-state index contributed by atoms with van der Waals surface area (Å²) >= 11 is 0. The number of fused-ring (bicyclic) bond motifs is 1. The number of imidazole rings is 1. The van der Waals surface area contributed by atoms with Crippen molar-refractivity contribution in [2.75, 3.05) is 19.6 Å². The maximum absolute atomic E-state index is 11.6. The van der Waals surface area contributed by atoms with E-state index in [1.807, 2.05) is 24.3 Å². The predicted molar refractivity (Wildman–Crippen MR) is 93.8 cm³/mol. The molecule has 0 fully saturated rings. The fourth-order valence-corrected chi connectivity index (χ4v) is 2.44. The third-order valence-corrected chi connectivity index (χ3v) is 3.56. The molecule has 0 amide bonds. The SMILES string of the molecule is COc1ccc(C=NNc2nc3ccccc3[nH]2)c(C(=O)O)c1OC. The molecule has 3 N–H and O–H groups in total. The average molecular weight is 340 g/mol. The Morgan fingerprint density at radius 1 is 1.24 bits per heavy atom. The van der Waals surface area contributed by atoms with Crippen molar-refractivity contribution in [1.29, 1.82) is 0 Å². The number of hydrazone groups is 1. The number of nitrogens with zero attached hydrogens (tertiary/aromatic N) is 2. The van der Waals surface area contributed by atoms with E-state index in [0.29, 0.717) is 17.3 Å². The number of methoxy groups -OCH3 is 2. The van der Waals surface area contributed by atoms with E-state index in [9.17, 15) is 9.90 Å². The van der Waals surface area contributed by atoms with E-state index in [1.54, 1.807) is 12.1 Å². The number of benzene rings is 2. The fourth-order valence-electron chi connectivity index (χ4n) is 2.44. The lowest BCUT2D eigenvalue weighted by atomic mass is 10.1. The van der Waals surface area contributed by atoms with Gasteiger partial charge in [-0.3, -0.25) is 0 Å². The van der Waals surface area contributed by atoms with Crippen molar-refractivity contribution in [2.45, 2.75) is 0 Å². The highest BCUT2D eigenvalue weighted by molar-refractivity contribution is 6.02. The number of rotatable bonds is 6. The Kier molecular flexibility index (Phi) is 4.51. The topological polar surface area (TPSA) is 109 Å². The van der Waals surface area contributed by atoms with Gasteiger partial charge in [0.15, 0.2) is 11.5 Å². The van der Waals surface area contributed by atoms with Crippen LogP contribution in [0.3, 0.4) is 0 Å². The monoisotopic (exact) mass is 340 g/mol. The number of anilines is 1. The minimum Gasteiger partial charge on any atom is -0.493 e. The molecule has 25 heavy (non-hydrogen) atoms. The van der Waals surface area contributed by atoms with Crippen LogP contribution in [0.1, 0.15) is 15.9 Å². The molecule has 128 valence electrons. The molecule has 3 rings (SSSR count). The van der Waals surface area contributed by atoms with E-state index >= 15 is 0 Å². The molecule has 2 aromatic carbocycles. The van der Waals surface area contributed by atoms with Gasteiger partial charge in [-0.15, -0.1) is 0 Å². The van der Waals surface area contributed by atoms with E-state index in [2.05, 4.69) is 20.5 Å². The van der Waals surface area contributed by atoms with Crippen molar-refractivity contribution in [3.63, 3.8) is 0 Å². The maximum Gasteiger partial charge on any atom is 0.340 e. The Labute approximate surface area is 143 Å². The number of aromatic nitrogens is 2. The lowest BCUT2D eigenvalue weighted by Gasteiger charge is -2.12. The highest BCUT2D eigenvalue weighted by Crippen LogP contribution is 2.32. The van der Waals surface area contributed by atoms with Crippen LogP contribution >= 0.6 is 0 Å². The third-order valence-electron chi connectivity index (χ3n) is 3.56. The molecular weight excluding hydrogens is 324 g/mol. The number of hydrogen-bond donors (Lipinski definition) is 3. The quantitative estimate of drug-likeness (QED) is 0.470. The summed E-state index contributed by atoms with van der Waals surface area (Å²) < 4.78 is 10.3. The Bertz CT molecular complexity index is 916. The van der Waals surface area contributed by atoms with Crippen molar-refractivity contribution >= 4 is 29.2 Å². The summed E-state index contributed by atoms with van der Waals surface area (Å²) in [5.74, 6) is -0.208. The molecule has 0 aliphatic heterocycles. The van der Waals surface area contributed by atoms with Gasteiger partial charge < -0.3 is 19.6 Å². The zero-order valence-corrected chi connectivity index (χ0v) is 13.6. The van der Waals surface area contributed by atoms with Crippen molar-refractivity contribution < 1.29 is 19.4 Å². The lowest BCUT2D eigenvalue weighted by Crippen LogP contribution is -2.07. The summed E-state index contributed by atoms with van der Waals surface area (Å²) in [7, 11) is 2.83. The Morgan fingerprint density at radius 2 is 2.04 bits per heavy atom. The van der Waals surface area contributed by atoms with Gasteiger partial charge in [-0.05, 0) is 24.3 Å². The van der Waals surface area contributed by atoms with Crippen LogP contribution in [0.15, 0.2) is 41.5 Å². The van der Waals surface area contributed by atoms with Gasteiger partial charge in [0.25, 0.3) is 0 Å². The second kappa shape index (κ2) is 6.91. The third kappa shape index (κ3) is 3.23. The Hall–Kier alpha value is -3.55. The van der Waals surface area contributed by atoms with Gasteiger partial charge in [0.2, 0.25) is 5.95 Å². The van der Waals surface area contributed by atoms with E-state index < -0.39 is 5.97 Å². The van der Waals surface area contributed by atoms with Crippen LogP contribution in [0.5, 0.6) is 11.5 Å². The van der Waals surface area contributed by atoms with Gasteiger partial charge in [0.05, 0.1) is 31.5 Å². The van der Waals surface area contributed by atoms with Crippen LogP contribution in [0.2, 0.25) is 0 Å². The van der Waals surface area contributed by atoms with Crippen molar-refractivity contribution in [3.8, 4) is 11.5 Å². The second-order valence-electron chi connectivity index (χ2n) is 5.04. The van der Waals surface area contributed by atoms with Gasteiger partial charge in [-0.2, -0.15) is 5.10 Å². The molecule has 0 aliphatic carbocycles. The number of para-hydroxylation sites is 2. The largest absolute Gasteiger partial charge is 0.493 e. The zero-order valence-electron chi connectivity index (χ0n) is 13.6. The predicted octanol–water partition coefficient (Wildman–Crippen LogP) is 2.72. The van der Waals surface area contributed by atoms with E-state index in [-0.39, 0.29) is 11.3 Å². The summed E-state index contributed by atoms with van der Waals surface area (Å²) in [6, 6.07) is 10.8. The molecule has 0 aliphatic rings. The summed E-state index contributed by atoms with van der Waals surface area (Å²) in [5.41, 5.74) is 4.77. The first-order chi connectivity index (χ1) is 12.1. The van der Waals surface area contributed by atoms with Crippen LogP contribution in [0.25, 0.3) is 11.0 Å². The van der Waals surface area contributed by atoms with E-state index in [4.69, 9.17) is 9.47 Å². The fraction of sp³-hybridized carbons (Fsp3) is 0.118. The number of carbonyl (C=O) groups is 1. The first-order valence-corrected chi connectivity index (χ1v) is 7.36. The Morgan fingerprint density at radius 3 is 2.72 bits per heavy atom. The molecule has 3 aromatic rings. The van der Waals surface area contributed by atoms with E-state index in [0.717, 1.165) is 11.0 Å². The van der Waals surface area contributed by atoms with E-state index in [1.165, 1.54) is 20.4 Å². The number of hydrogen-bond acceptors (Lipinski definition) is 6. The zero-order chi connectivity index (χ0) is 17.8. The number of carboxylic acids is 1. The molecule has 8 heteroatoms. The summed E-state index contributed by atoms with van der Waals surface area (Å²) in [5, 5.41) is 13.5.